The predicted octanol–water partition coefficient (Wildman–Crippen LogP) is 1.68. The van der Waals surface area contributed by atoms with Crippen molar-refractivity contribution in [1.29, 1.82) is 0 Å². The summed E-state index contributed by atoms with van der Waals surface area (Å²) in [5.74, 6) is 1.38. The molecule has 1 fully saturated rings. The molecule has 2 unspecified atom stereocenters. The van der Waals surface area contributed by atoms with E-state index < -0.39 is 0 Å². The second kappa shape index (κ2) is 5.44. The van der Waals surface area contributed by atoms with E-state index in [1.165, 1.54) is 0 Å². The van der Waals surface area contributed by atoms with E-state index in [-0.39, 0.29) is 6.10 Å². The lowest BCUT2D eigenvalue weighted by atomic mass is 10.1. The average molecular weight is 251 g/mol. The van der Waals surface area contributed by atoms with Gasteiger partial charge in [0, 0.05) is 13.7 Å². The molecule has 2 rings (SSSR count). The summed E-state index contributed by atoms with van der Waals surface area (Å²) in [7, 11) is 2.03. The van der Waals surface area contributed by atoms with Crippen LogP contribution in [0.4, 0.5) is 11.5 Å². The summed E-state index contributed by atoms with van der Waals surface area (Å²) in [5, 5.41) is 0. The highest BCUT2D eigenvalue weighted by Gasteiger charge is 2.28. The molecule has 1 aromatic rings. The van der Waals surface area contributed by atoms with Crippen molar-refractivity contribution in [2.75, 3.05) is 30.9 Å². The minimum Gasteiger partial charge on any atom is -0.476 e. The fraction of sp³-hybridized carbons (Fsp3) is 0.615. The molecule has 0 amide bonds. The summed E-state index contributed by atoms with van der Waals surface area (Å²) >= 11 is 0. The number of aromatic nitrogens is 1. The normalized spacial score (nSPS) is 23.1. The van der Waals surface area contributed by atoms with Gasteiger partial charge in [-0.05, 0) is 32.4 Å². The minimum absolute atomic E-state index is 0.227. The number of ether oxygens (including phenoxy) is 2. The van der Waals surface area contributed by atoms with Gasteiger partial charge in [-0.3, -0.25) is 0 Å². The molecule has 2 N–H and O–H groups in total. The summed E-state index contributed by atoms with van der Waals surface area (Å²) in [6.45, 7) is 5.39. The van der Waals surface area contributed by atoms with Crippen molar-refractivity contribution in [2.45, 2.75) is 32.4 Å². The SMILES string of the molecule is CCOc1nc(N(C)C2CCOC2C)ccc1N. The first-order valence-electron chi connectivity index (χ1n) is 6.37. The van der Waals surface area contributed by atoms with Gasteiger partial charge in [-0.1, -0.05) is 0 Å². The molecule has 1 aliphatic rings. The number of nitrogens with zero attached hydrogens (tertiary/aromatic N) is 2. The number of hydrogen-bond acceptors (Lipinski definition) is 5. The second-order valence-electron chi connectivity index (χ2n) is 4.54. The summed E-state index contributed by atoms with van der Waals surface area (Å²) in [6, 6.07) is 4.11. The van der Waals surface area contributed by atoms with Crippen LogP contribution >= 0.6 is 0 Å². The topological polar surface area (TPSA) is 60.6 Å². The zero-order valence-corrected chi connectivity index (χ0v) is 11.2. The molecule has 0 radical (unpaired) electrons. The molecule has 18 heavy (non-hydrogen) atoms. The Morgan fingerprint density at radius 3 is 2.94 bits per heavy atom. The first-order chi connectivity index (χ1) is 8.63. The molecular formula is C13H21N3O2. The number of hydrogen-bond donors (Lipinski definition) is 1. The van der Waals surface area contributed by atoms with Crippen LogP contribution in [0.5, 0.6) is 5.88 Å². The Balaban J connectivity index is 2.19. The standard InChI is InChI=1S/C13H21N3O2/c1-4-17-13-10(14)5-6-12(15-13)16(3)11-7-8-18-9(11)2/h5-6,9,11H,4,7-8,14H2,1-3H3. The number of anilines is 2. The van der Waals surface area contributed by atoms with Gasteiger partial charge in [-0.15, -0.1) is 0 Å². The van der Waals surface area contributed by atoms with Gasteiger partial charge < -0.3 is 20.1 Å². The quantitative estimate of drug-likeness (QED) is 0.882. The zero-order chi connectivity index (χ0) is 13.1. The Morgan fingerprint density at radius 1 is 1.56 bits per heavy atom. The molecule has 1 aliphatic heterocycles. The maximum atomic E-state index is 5.83. The van der Waals surface area contributed by atoms with Crippen molar-refractivity contribution in [3.63, 3.8) is 0 Å². The number of rotatable bonds is 4. The fourth-order valence-electron chi connectivity index (χ4n) is 2.29. The highest BCUT2D eigenvalue weighted by Crippen LogP contribution is 2.27. The van der Waals surface area contributed by atoms with Crippen LogP contribution in [0.3, 0.4) is 0 Å². The van der Waals surface area contributed by atoms with Crippen LogP contribution in [0.1, 0.15) is 20.3 Å². The lowest BCUT2D eigenvalue weighted by Gasteiger charge is -2.28. The third-order valence-corrected chi connectivity index (χ3v) is 3.35. The molecule has 5 nitrogen and oxygen atoms in total. The zero-order valence-electron chi connectivity index (χ0n) is 11.2. The van der Waals surface area contributed by atoms with Gasteiger partial charge in [0.05, 0.1) is 24.4 Å². The van der Waals surface area contributed by atoms with Crippen molar-refractivity contribution in [3.05, 3.63) is 12.1 Å². The van der Waals surface area contributed by atoms with E-state index in [4.69, 9.17) is 15.2 Å². The molecule has 0 spiro atoms. The smallest absolute Gasteiger partial charge is 0.239 e. The van der Waals surface area contributed by atoms with Crippen LogP contribution in [0.2, 0.25) is 0 Å². The highest BCUT2D eigenvalue weighted by molar-refractivity contribution is 5.54. The van der Waals surface area contributed by atoms with Gasteiger partial charge in [0.1, 0.15) is 5.82 Å². The predicted molar refractivity (Wildman–Crippen MR) is 72.0 cm³/mol. The van der Waals surface area contributed by atoms with Gasteiger partial charge in [0.25, 0.3) is 0 Å². The molecule has 0 aliphatic carbocycles. The Hall–Kier alpha value is -1.49. The van der Waals surface area contributed by atoms with Gasteiger partial charge in [-0.2, -0.15) is 4.98 Å². The number of nitrogen functional groups attached to an aromatic ring is 1. The fourth-order valence-corrected chi connectivity index (χ4v) is 2.29. The molecule has 0 bridgehead atoms. The van der Waals surface area contributed by atoms with E-state index in [1.54, 1.807) is 0 Å². The van der Waals surface area contributed by atoms with Gasteiger partial charge in [0.2, 0.25) is 5.88 Å². The average Bonchev–Trinajstić information content (AvgIpc) is 2.78. The van der Waals surface area contributed by atoms with Crippen LogP contribution in [0, 0.1) is 0 Å². The first kappa shape index (κ1) is 13.0. The van der Waals surface area contributed by atoms with Crippen LogP contribution in [0.15, 0.2) is 12.1 Å². The summed E-state index contributed by atoms with van der Waals surface area (Å²) < 4.78 is 11.0. The van der Waals surface area contributed by atoms with Crippen LogP contribution < -0.4 is 15.4 Å². The molecule has 1 aromatic heterocycles. The number of nitrogens with two attached hydrogens (primary N) is 1. The molecule has 0 saturated carbocycles. The third-order valence-electron chi connectivity index (χ3n) is 3.35. The monoisotopic (exact) mass is 251 g/mol. The van der Waals surface area contributed by atoms with Crippen molar-refractivity contribution in [3.8, 4) is 5.88 Å². The van der Waals surface area contributed by atoms with Crippen molar-refractivity contribution < 1.29 is 9.47 Å². The Bertz CT molecular complexity index is 411. The molecule has 0 aromatic carbocycles. The molecule has 2 heterocycles. The van der Waals surface area contributed by atoms with Gasteiger partial charge in [-0.25, -0.2) is 0 Å². The van der Waals surface area contributed by atoms with Gasteiger partial charge >= 0.3 is 0 Å². The van der Waals surface area contributed by atoms with E-state index in [2.05, 4.69) is 16.8 Å². The maximum absolute atomic E-state index is 5.83. The number of likely N-dealkylation sites (N-methyl/N-ethyl adjacent to an activating group) is 1. The highest BCUT2D eigenvalue weighted by atomic mass is 16.5. The minimum atomic E-state index is 0.227. The Labute approximate surface area is 108 Å². The Morgan fingerprint density at radius 2 is 2.33 bits per heavy atom. The van der Waals surface area contributed by atoms with E-state index in [9.17, 15) is 0 Å². The molecule has 100 valence electrons. The van der Waals surface area contributed by atoms with Crippen LogP contribution in [-0.2, 0) is 4.74 Å². The maximum Gasteiger partial charge on any atom is 0.239 e. The molecule has 1 saturated heterocycles. The van der Waals surface area contributed by atoms with E-state index in [0.717, 1.165) is 18.8 Å². The van der Waals surface area contributed by atoms with Crippen molar-refractivity contribution in [1.82, 2.24) is 4.98 Å². The summed E-state index contributed by atoms with van der Waals surface area (Å²) in [6.07, 6.45) is 1.25. The van der Waals surface area contributed by atoms with Crippen molar-refractivity contribution >= 4 is 11.5 Å². The number of pyridine rings is 1. The van der Waals surface area contributed by atoms with Gasteiger partial charge in [0.15, 0.2) is 0 Å². The largest absolute Gasteiger partial charge is 0.476 e. The van der Waals surface area contributed by atoms with E-state index in [1.807, 2.05) is 26.1 Å². The lowest BCUT2D eigenvalue weighted by molar-refractivity contribution is 0.118. The Kier molecular flexibility index (Phi) is 3.91. The third kappa shape index (κ3) is 2.51. The second-order valence-corrected chi connectivity index (χ2v) is 4.54. The van der Waals surface area contributed by atoms with Crippen LogP contribution in [-0.4, -0.2) is 37.4 Å². The molecular weight excluding hydrogens is 230 g/mol. The van der Waals surface area contributed by atoms with E-state index >= 15 is 0 Å². The molecule has 2 atom stereocenters. The van der Waals surface area contributed by atoms with Crippen LogP contribution in [0.25, 0.3) is 0 Å². The summed E-state index contributed by atoms with van der Waals surface area (Å²) in [5.41, 5.74) is 6.40. The van der Waals surface area contributed by atoms with Crippen molar-refractivity contribution in [2.24, 2.45) is 0 Å². The molecule has 5 heteroatoms. The summed E-state index contributed by atoms with van der Waals surface area (Å²) in [4.78, 5) is 6.60. The van der Waals surface area contributed by atoms with E-state index in [0.29, 0.717) is 24.2 Å². The lowest BCUT2D eigenvalue weighted by Crippen LogP contribution is -2.37. The first-order valence-corrected chi connectivity index (χ1v) is 6.37.